The Bertz CT molecular complexity index is 699. The molecule has 0 saturated carbocycles. The smallest absolute Gasteiger partial charge is 0.315 e. The van der Waals surface area contributed by atoms with Crippen LogP contribution in [0.1, 0.15) is 5.56 Å². The van der Waals surface area contributed by atoms with Gasteiger partial charge in [0.25, 0.3) is 0 Å². The Kier molecular flexibility index (Phi) is 5.27. The van der Waals surface area contributed by atoms with Crippen LogP contribution in [-0.4, -0.2) is 67.1 Å². The summed E-state index contributed by atoms with van der Waals surface area (Å²) in [5.74, 6) is 0. The van der Waals surface area contributed by atoms with Gasteiger partial charge in [0.15, 0.2) is 0 Å². The van der Waals surface area contributed by atoms with Gasteiger partial charge in [-0.05, 0) is 25.7 Å². The summed E-state index contributed by atoms with van der Waals surface area (Å²) in [6.07, 6.45) is 1.78. The van der Waals surface area contributed by atoms with Crippen molar-refractivity contribution >= 4 is 16.9 Å². The van der Waals surface area contributed by atoms with Gasteiger partial charge in [-0.3, -0.25) is 9.88 Å². The van der Waals surface area contributed by atoms with Crippen molar-refractivity contribution < 1.29 is 4.79 Å². The number of piperazine rings is 1. The molecule has 1 saturated heterocycles. The van der Waals surface area contributed by atoms with Crippen LogP contribution in [-0.2, 0) is 6.54 Å². The van der Waals surface area contributed by atoms with E-state index in [4.69, 9.17) is 0 Å². The summed E-state index contributed by atoms with van der Waals surface area (Å²) in [5, 5.41) is 7.00. The van der Waals surface area contributed by atoms with Gasteiger partial charge in [-0.1, -0.05) is 24.3 Å². The van der Waals surface area contributed by atoms with E-state index in [1.807, 2.05) is 30.3 Å². The monoisotopic (exact) mass is 327 g/mol. The lowest BCUT2D eigenvalue weighted by Crippen LogP contribution is -2.55. The van der Waals surface area contributed by atoms with E-state index in [2.05, 4.69) is 39.5 Å². The molecule has 1 aliphatic heterocycles. The molecule has 1 aliphatic rings. The molecule has 0 radical (unpaired) electrons. The number of likely N-dealkylation sites (N-methyl/N-ethyl adjacent to an activating group) is 2. The number of urea groups is 1. The number of nitrogens with one attached hydrogen (secondary N) is 2. The topological polar surface area (TPSA) is 60.5 Å². The molecule has 1 fully saturated rings. The maximum atomic E-state index is 12.1. The number of para-hydroxylation sites is 1. The molecule has 0 spiro atoms. The van der Waals surface area contributed by atoms with E-state index in [1.54, 1.807) is 6.20 Å². The number of hydrogen-bond acceptors (Lipinski definition) is 4. The lowest BCUT2D eigenvalue weighted by atomic mass is 10.1. The zero-order chi connectivity index (χ0) is 16.9. The van der Waals surface area contributed by atoms with Crippen molar-refractivity contribution in [3.05, 3.63) is 42.1 Å². The highest BCUT2D eigenvalue weighted by Crippen LogP contribution is 2.15. The van der Waals surface area contributed by atoms with Crippen molar-refractivity contribution in [3.63, 3.8) is 0 Å². The van der Waals surface area contributed by atoms with Crippen molar-refractivity contribution in [2.24, 2.45) is 0 Å². The highest BCUT2D eigenvalue weighted by atomic mass is 16.2. The first-order valence-electron chi connectivity index (χ1n) is 8.36. The van der Waals surface area contributed by atoms with Crippen LogP contribution in [0.5, 0.6) is 0 Å². The van der Waals surface area contributed by atoms with E-state index in [9.17, 15) is 4.79 Å². The first kappa shape index (κ1) is 16.7. The summed E-state index contributed by atoms with van der Waals surface area (Å²) in [7, 11) is 4.23. The lowest BCUT2D eigenvalue weighted by Gasteiger charge is -2.37. The Morgan fingerprint density at radius 1 is 1.21 bits per heavy atom. The predicted molar refractivity (Wildman–Crippen MR) is 95.9 cm³/mol. The molecule has 2 N–H and O–H groups in total. The van der Waals surface area contributed by atoms with Gasteiger partial charge in [0, 0.05) is 50.3 Å². The molecule has 0 bridgehead atoms. The Balaban J connectivity index is 1.52. The normalized spacial score (nSPS) is 19.3. The average molecular weight is 327 g/mol. The molecule has 24 heavy (non-hydrogen) atoms. The Hall–Kier alpha value is -2.18. The summed E-state index contributed by atoms with van der Waals surface area (Å²) in [5.41, 5.74) is 1.96. The van der Waals surface area contributed by atoms with E-state index in [1.165, 1.54) is 0 Å². The summed E-state index contributed by atoms with van der Waals surface area (Å²) in [4.78, 5) is 21.1. The van der Waals surface area contributed by atoms with Gasteiger partial charge in [0.05, 0.1) is 5.52 Å². The van der Waals surface area contributed by atoms with E-state index < -0.39 is 0 Å². The fourth-order valence-electron chi connectivity index (χ4n) is 3.08. The molecule has 0 unspecified atom stereocenters. The minimum atomic E-state index is -0.135. The van der Waals surface area contributed by atoms with Crippen LogP contribution in [0, 0.1) is 0 Å². The fourth-order valence-corrected chi connectivity index (χ4v) is 3.08. The zero-order valence-electron chi connectivity index (χ0n) is 14.3. The first-order valence-corrected chi connectivity index (χ1v) is 8.36. The van der Waals surface area contributed by atoms with Gasteiger partial charge in [0.2, 0.25) is 0 Å². The second-order valence-electron chi connectivity index (χ2n) is 6.45. The van der Waals surface area contributed by atoms with E-state index in [0.717, 1.165) is 36.1 Å². The van der Waals surface area contributed by atoms with Crippen LogP contribution in [0.15, 0.2) is 36.5 Å². The maximum absolute atomic E-state index is 12.1. The Morgan fingerprint density at radius 3 is 2.92 bits per heavy atom. The quantitative estimate of drug-likeness (QED) is 0.888. The van der Waals surface area contributed by atoms with Gasteiger partial charge in [-0.25, -0.2) is 4.79 Å². The molecule has 0 aliphatic carbocycles. The number of nitrogens with zero attached hydrogens (tertiary/aromatic N) is 3. The number of aromatic nitrogens is 1. The maximum Gasteiger partial charge on any atom is 0.315 e. The van der Waals surface area contributed by atoms with Gasteiger partial charge in [-0.15, -0.1) is 0 Å². The van der Waals surface area contributed by atoms with Gasteiger partial charge in [0.1, 0.15) is 0 Å². The molecule has 128 valence electrons. The van der Waals surface area contributed by atoms with Crippen molar-refractivity contribution in [1.29, 1.82) is 0 Å². The highest BCUT2D eigenvalue weighted by molar-refractivity contribution is 5.82. The molecular weight excluding hydrogens is 302 g/mol. The fraction of sp³-hybridized carbons (Fsp3) is 0.444. The number of rotatable bonds is 4. The molecular formula is C18H25N5O. The van der Waals surface area contributed by atoms with E-state index >= 15 is 0 Å². The molecule has 2 amide bonds. The molecule has 1 aromatic heterocycles. The third kappa shape index (κ3) is 4.01. The number of benzene rings is 1. The van der Waals surface area contributed by atoms with Crippen LogP contribution in [0.3, 0.4) is 0 Å². The summed E-state index contributed by atoms with van der Waals surface area (Å²) in [6.45, 7) is 4.21. The minimum Gasteiger partial charge on any atom is -0.337 e. The van der Waals surface area contributed by atoms with Crippen LogP contribution >= 0.6 is 0 Å². The van der Waals surface area contributed by atoms with Crippen molar-refractivity contribution in [1.82, 2.24) is 25.4 Å². The van der Waals surface area contributed by atoms with Crippen LogP contribution in [0.25, 0.3) is 10.9 Å². The van der Waals surface area contributed by atoms with E-state index in [0.29, 0.717) is 19.1 Å². The number of fused-ring (bicyclic) bond motifs is 1. The van der Waals surface area contributed by atoms with Gasteiger partial charge in [-0.2, -0.15) is 0 Å². The Morgan fingerprint density at radius 2 is 2.04 bits per heavy atom. The minimum absolute atomic E-state index is 0.135. The molecule has 6 heteroatoms. The summed E-state index contributed by atoms with van der Waals surface area (Å²) in [6, 6.07) is 10.2. The third-order valence-electron chi connectivity index (χ3n) is 4.63. The third-order valence-corrected chi connectivity index (χ3v) is 4.63. The lowest BCUT2D eigenvalue weighted by molar-refractivity contribution is 0.114. The van der Waals surface area contributed by atoms with Crippen LogP contribution < -0.4 is 10.6 Å². The molecule has 1 aromatic carbocycles. The second kappa shape index (κ2) is 7.59. The van der Waals surface area contributed by atoms with Crippen LogP contribution in [0.2, 0.25) is 0 Å². The molecule has 3 rings (SSSR count). The standard InChI is InChI=1S/C18H25N5O/c1-22-9-10-23(2)16(13-22)12-21-18(24)20-11-15-6-3-5-14-7-4-8-19-17(14)15/h3-8,16H,9-13H2,1-2H3,(H2,20,21,24)/t16-/m0/s1. The van der Waals surface area contributed by atoms with Crippen molar-refractivity contribution in [2.45, 2.75) is 12.6 Å². The average Bonchev–Trinajstić information content (AvgIpc) is 2.60. The number of carbonyl (C=O) groups excluding carboxylic acids is 1. The predicted octanol–water partition coefficient (Wildman–Crippen LogP) is 1.28. The molecule has 1 atom stereocenters. The number of hydrogen-bond donors (Lipinski definition) is 2. The van der Waals surface area contributed by atoms with Crippen molar-refractivity contribution in [3.8, 4) is 0 Å². The number of pyridine rings is 1. The SMILES string of the molecule is CN1CCN(C)[C@@H](CNC(=O)NCc2cccc3cccnc23)C1. The summed E-state index contributed by atoms with van der Waals surface area (Å²) < 4.78 is 0. The second-order valence-corrected chi connectivity index (χ2v) is 6.45. The first-order chi connectivity index (χ1) is 11.6. The van der Waals surface area contributed by atoms with Crippen molar-refractivity contribution in [2.75, 3.05) is 40.3 Å². The number of amides is 2. The molecule has 2 aromatic rings. The van der Waals surface area contributed by atoms with Gasteiger partial charge >= 0.3 is 6.03 Å². The molecule has 6 nitrogen and oxygen atoms in total. The highest BCUT2D eigenvalue weighted by Gasteiger charge is 2.22. The summed E-state index contributed by atoms with van der Waals surface area (Å²) >= 11 is 0. The number of carbonyl (C=O) groups is 1. The van der Waals surface area contributed by atoms with E-state index in [-0.39, 0.29) is 6.03 Å². The van der Waals surface area contributed by atoms with Crippen LogP contribution in [0.4, 0.5) is 4.79 Å². The Labute approximate surface area is 142 Å². The van der Waals surface area contributed by atoms with Gasteiger partial charge < -0.3 is 15.5 Å². The molecule has 2 heterocycles. The largest absolute Gasteiger partial charge is 0.337 e. The zero-order valence-corrected chi connectivity index (χ0v) is 14.3.